The van der Waals surface area contributed by atoms with E-state index < -0.39 is 11.4 Å². The highest BCUT2D eigenvalue weighted by atomic mass is 35.5. The first kappa shape index (κ1) is 19.9. The number of hydrogen-bond acceptors (Lipinski definition) is 3. The Kier molecular flexibility index (Phi) is 5.65. The van der Waals surface area contributed by atoms with Crippen LogP contribution < -0.4 is 0 Å². The molecule has 2 heterocycles. The molecular weight excluding hydrogens is 371 g/mol. The first-order valence-electron chi connectivity index (χ1n) is 9.43. The summed E-state index contributed by atoms with van der Waals surface area (Å²) >= 11 is 5.80. The van der Waals surface area contributed by atoms with Crippen LogP contribution in [0.3, 0.4) is 0 Å². The zero-order valence-corrected chi connectivity index (χ0v) is 16.8. The number of hydrogen-bond donors (Lipinski definition) is 0. The number of ether oxygens (including phenoxy) is 1. The van der Waals surface area contributed by atoms with Crippen molar-refractivity contribution in [3.63, 3.8) is 0 Å². The van der Waals surface area contributed by atoms with Gasteiger partial charge in [0.1, 0.15) is 11.4 Å². The third-order valence-corrected chi connectivity index (χ3v) is 5.33. The van der Waals surface area contributed by atoms with Crippen LogP contribution in [-0.2, 0) is 4.74 Å². The van der Waals surface area contributed by atoms with Gasteiger partial charge in [-0.2, -0.15) is 0 Å². The molecule has 1 aromatic rings. The molecule has 0 bridgehead atoms. The van der Waals surface area contributed by atoms with Crippen molar-refractivity contribution < 1.29 is 18.7 Å². The van der Waals surface area contributed by atoms with Crippen LogP contribution in [0.1, 0.15) is 56.8 Å². The Morgan fingerprint density at radius 1 is 1.11 bits per heavy atom. The van der Waals surface area contributed by atoms with Crippen LogP contribution in [0.25, 0.3) is 0 Å². The van der Waals surface area contributed by atoms with Crippen molar-refractivity contribution in [2.24, 2.45) is 0 Å². The van der Waals surface area contributed by atoms with E-state index in [0.717, 1.165) is 31.7 Å². The molecule has 0 aliphatic carbocycles. The van der Waals surface area contributed by atoms with Crippen LogP contribution in [-0.4, -0.2) is 52.6 Å². The van der Waals surface area contributed by atoms with E-state index in [9.17, 15) is 14.0 Å². The average Bonchev–Trinajstić information content (AvgIpc) is 3.21. The molecule has 1 aromatic carbocycles. The number of nitrogens with zero attached hydrogens (tertiary/aromatic N) is 2. The number of carbonyl (C=O) groups excluding carboxylic acids is 2. The number of benzene rings is 1. The lowest BCUT2D eigenvalue weighted by Crippen LogP contribution is -2.51. The van der Waals surface area contributed by atoms with Crippen LogP contribution in [0.4, 0.5) is 9.18 Å². The molecule has 2 aliphatic heterocycles. The van der Waals surface area contributed by atoms with Crippen LogP contribution in [0.2, 0.25) is 5.02 Å². The van der Waals surface area contributed by atoms with Gasteiger partial charge in [0.2, 0.25) is 0 Å². The van der Waals surface area contributed by atoms with Gasteiger partial charge in [0, 0.05) is 18.1 Å². The molecule has 0 saturated carbocycles. The second-order valence-corrected chi connectivity index (χ2v) is 8.65. The van der Waals surface area contributed by atoms with Gasteiger partial charge in [0.15, 0.2) is 0 Å². The molecule has 2 atom stereocenters. The summed E-state index contributed by atoms with van der Waals surface area (Å²) in [5.74, 6) is -0.962. The lowest BCUT2D eigenvalue weighted by atomic mass is 10.0. The van der Waals surface area contributed by atoms with Gasteiger partial charge in [0.25, 0.3) is 5.91 Å². The molecule has 3 rings (SSSR count). The van der Waals surface area contributed by atoms with E-state index in [1.54, 1.807) is 9.80 Å². The summed E-state index contributed by atoms with van der Waals surface area (Å²) in [7, 11) is 0. The van der Waals surface area contributed by atoms with Crippen LogP contribution in [0, 0.1) is 5.82 Å². The van der Waals surface area contributed by atoms with Gasteiger partial charge in [-0.25, -0.2) is 9.18 Å². The van der Waals surface area contributed by atoms with Crippen molar-refractivity contribution >= 4 is 23.6 Å². The minimum Gasteiger partial charge on any atom is -0.444 e. The molecule has 148 valence electrons. The molecular formula is C20H26ClFN2O3. The van der Waals surface area contributed by atoms with Crippen molar-refractivity contribution in [1.29, 1.82) is 0 Å². The van der Waals surface area contributed by atoms with Gasteiger partial charge in [-0.1, -0.05) is 11.6 Å². The summed E-state index contributed by atoms with van der Waals surface area (Å²) in [5.41, 5.74) is -0.546. The van der Waals surface area contributed by atoms with Crippen molar-refractivity contribution in [1.82, 2.24) is 9.80 Å². The van der Waals surface area contributed by atoms with Gasteiger partial charge in [0.05, 0.1) is 17.6 Å². The summed E-state index contributed by atoms with van der Waals surface area (Å²) in [4.78, 5) is 29.0. The van der Waals surface area contributed by atoms with E-state index in [4.69, 9.17) is 16.3 Å². The smallest absolute Gasteiger partial charge is 0.410 e. The zero-order valence-electron chi connectivity index (χ0n) is 16.0. The fourth-order valence-electron chi connectivity index (χ4n) is 4.00. The topological polar surface area (TPSA) is 49.9 Å². The van der Waals surface area contributed by atoms with Crippen LogP contribution >= 0.6 is 11.6 Å². The molecule has 0 unspecified atom stereocenters. The third kappa shape index (κ3) is 4.37. The summed E-state index contributed by atoms with van der Waals surface area (Å²) in [6.07, 6.45) is 2.98. The maximum Gasteiger partial charge on any atom is 0.410 e. The number of likely N-dealkylation sites (tertiary alicyclic amines) is 2. The van der Waals surface area contributed by atoms with Gasteiger partial charge < -0.3 is 14.5 Å². The second-order valence-electron chi connectivity index (χ2n) is 8.22. The number of carbonyl (C=O) groups is 2. The molecule has 27 heavy (non-hydrogen) atoms. The summed E-state index contributed by atoms with van der Waals surface area (Å²) < 4.78 is 19.8. The van der Waals surface area contributed by atoms with Crippen molar-refractivity contribution in [3.8, 4) is 0 Å². The highest BCUT2D eigenvalue weighted by Gasteiger charge is 2.43. The number of rotatable bonds is 2. The SMILES string of the molecule is CC(C)(C)OC(=O)N1CCC[C@H]1[C@H]1CCCN1C(=O)c1ccc(Cl)cc1F. The normalized spacial score (nSPS) is 23.0. The van der Waals surface area contributed by atoms with Crippen LogP contribution in [0.5, 0.6) is 0 Å². The maximum atomic E-state index is 14.2. The van der Waals surface area contributed by atoms with Crippen molar-refractivity contribution in [3.05, 3.63) is 34.6 Å². The van der Waals surface area contributed by atoms with E-state index in [0.29, 0.717) is 13.1 Å². The molecule has 5 nitrogen and oxygen atoms in total. The minimum atomic E-state index is -0.617. The summed E-state index contributed by atoms with van der Waals surface area (Å²) in [5, 5.41) is 0.258. The number of amides is 2. The van der Waals surface area contributed by atoms with Gasteiger partial charge in [-0.3, -0.25) is 4.79 Å². The van der Waals surface area contributed by atoms with E-state index >= 15 is 0 Å². The predicted octanol–water partition coefficient (Wildman–Crippen LogP) is 4.48. The Morgan fingerprint density at radius 2 is 1.70 bits per heavy atom. The molecule has 7 heteroatoms. The molecule has 0 aromatic heterocycles. The molecule has 0 spiro atoms. The van der Waals surface area contributed by atoms with E-state index in [1.807, 2.05) is 20.8 Å². The average molecular weight is 397 g/mol. The molecule has 2 aliphatic rings. The Hall–Kier alpha value is -1.82. The first-order valence-corrected chi connectivity index (χ1v) is 9.81. The van der Waals surface area contributed by atoms with Crippen LogP contribution in [0.15, 0.2) is 18.2 Å². The Labute approximate surface area is 164 Å². The zero-order chi connectivity index (χ0) is 19.8. The monoisotopic (exact) mass is 396 g/mol. The summed E-state index contributed by atoms with van der Waals surface area (Å²) in [6.45, 7) is 6.69. The predicted molar refractivity (Wildman–Crippen MR) is 101 cm³/mol. The number of halogens is 2. The Morgan fingerprint density at radius 3 is 2.30 bits per heavy atom. The molecule has 2 amide bonds. The second kappa shape index (κ2) is 7.66. The van der Waals surface area contributed by atoms with Gasteiger partial charge in [-0.15, -0.1) is 0 Å². The minimum absolute atomic E-state index is 0.0214. The fraction of sp³-hybridized carbons (Fsp3) is 0.600. The quantitative estimate of drug-likeness (QED) is 0.740. The van der Waals surface area contributed by atoms with Crippen molar-refractivity contribution in [2.45, 2.75) is 64.1 Å². The van der Waals surface area contributed by atoms with E-state index in [1.165, 1.54) is 12.1 Å². The lowest BCUT2D eigenvalue weighted by Gasteiger charge is -2.35. The largest absolute Gasteiger partial charge is 0.444 e. The molecule has 2 saturated heterocycles. The maximum absolute atomic E-state index is 14.2. The fourth-order valence-corrected chi connectivity index (χ4v) is 4.16. The highest BCUT2D eigenvalue weighted by molar-refractivity contribution is 6.30. The van der Waals surface area contributed by atoms with Crippen molar-refractivity contribution in [2.75, 3.05) is 13.1 Å². The third-order valence-electron chi connectivity index (χ3n) is 5.09. The van der Waals surface area contributed by atoms with Gasteiger partial charge >= 0.3 is 6.09 Å². The molecule has 0 N–H and O–H groups in total. The molecule has 2 fully saturated rings. The lowest BCUT2D eigenvalue weighted by molar-refractivity contribution is 0.0146. The van der Waals surface area contributed by atoms with E-state index in [2.05, 4.69) is 0 Å². The molecule has 0 radical (unpaired) electrons. The first-order chi connectivity index (χ1) is 12.7. The standard InChI is InChI=1S/C20H26ClFN2O3/c1-20(2,3)27-19(26)24-11-5-7-17(24)16-6-4-10-23(16)18(25)14-9-8-13(21)12-15(14)22/h8-9,12,16-17H,4-7,10-11H2,1-3H3/t16-,17+/m1/s1. The summed E-state index contributed by atoms with van der Waals surface area (Å²) in [6, 6.07) is 3.88. The highest BCUT2D eigenvalue weighted by Crippen LogP contribution is 2.32. The van der Waals surface area contributed by atoms with E-state index in [-0.39, 0.29) is 34.7 Å². The van der Waals surface area contributed by atoms with Gasteiger partial charge in [-0.05, 0) is 64.7 Å². The Balaban J connectivity index is 1.79. The Bertz CT molecular complexity index is 734.